The van der Waals surface area contributed by atoms with Gasteiger partial charge in [0.2, 0.25) is 0 Å². The van der Waals surface area contributed by atoms with E-state index in [0.717, 1.165) is 5.52 Å². The van der Waals surface area contributed by atoms with Gasteiger partial charge in [-0.1, -0.05) is 0 Å². The quantitative estimate of drug-likeness (QED) is 0.684. The highest BCUT2D eigenvalue weighted by molar-refractivity contribution is 6.08. The number of nitrogens with zero attached hydrogens (tertiary/aromatic N) is 3. The fraction of sp³-hybridized carbons (Fsp3) is 0.100. The van der Waals surface area contributed by atoms with Gasteiger partial charge in [-0.15, -0.1) is 12.4 Å². The first-order chi connectivity index (χ1) is 6.86. The molecule has 2 aromatic rings. The molecule has 0 saturated carbocycles. The summed E-state index contributed by atoms with van der Waals surface area (Å²) in [5.41, 5.74) is 1.42. The molecule has 0 fully saturated rings. The van der Waals surface area contributed by atoms with Crippen LogP contribution in [0.1, 0.15) is 16.9 Å². The Morgan fingerprint density at radius 3 is 3.13 bits per heavy atom. The zero-order chi connectivity index (χ0) is 9.54. The standard InChI is InChI=1S/C10H7N3O.ClH/c14-8-3-4-11-10-9(8)12-6-7-2-1-5-13(7)10;/h1-2,4-6H,3H2;1H. The van der Waals surface area contributed by atoms with Crippen molar-refractivity contribution in [2.24, 2.45) is 4.99 Å². The summed E-state index contributed by atoms with van der Waals surface area (Å²) in [5, 5.41) is 0. The molecule has 0 amide bonds. The summed E-state index contributed by atoms with van der Waals surface area (Å²) < 4.78 is 1.87. The molecule has 0 N–H and O–H groups in total. The van der Waals surface area contributed by atoms with Gasteiger partial charge in [0.15, 0.2) is 11.6 Å². The van der Waals surface area contributed by atoms with Gasteiger partial charge in [-0.25, -0.2) is 9.98 Å². The second-order valence-corrected chi connectivity index (χ2v) is 3.17. The number of Topliss-reactive ketones (excluding diaryl/α,β-unsaturated/α-hetero) is 1. The Kier molecular flexibility index (Phi) is 2.28. The predicted octanol–water partition coefficient (Wildman–Crippen LogP) is 2.04. The molecule has 0 radical (unpaired) electrons. The molecule has 3 heterocycles. The van der Waals surface area contributed by atoms with Gasteiger partial charge in [0.05, 0.1) is 11.7 Å². The van der Waals surface area contributed by atoms with Crippen LogP contribution in [0.25, 0.3) is 5.52 Å². The zero-order valence-electron chi connectivity index (χ0n) is 7.75. The molecule has 0 aromatic carbocycles. The summed E-state index contributed by atoms with van der Waals surface area (Å²) in [6.45, 7) is 0. The number of aliphatic imine (C=N–C) groups is 1. The highest BCUT2D eigenvalue weighted by Gasteiger charge is 2.17. The molecule has 1 aliphatic rings. The molecule has 0 aliphatic carbocycles. The summed E-state index contributed by atoms with van der Waals surface area (Å²) in [6, 6.07) is 3.84. The van der Waals surface area contributed by atoms with Crippen molar-refractivity contribution in [2.75, 3.05) is 0 Å². The molecule has 0 bridgehead atoms. The second-order valence-electron chi connectivity index (χ2n) is 3.17. The van der Waals surface area contributed by atoms with E-state index in [-0.39, 0.29) is 18.2 Å². The predicted molar refractivity (Wildman–Crippen MR) is 59.5 cm³/mol. The fourth-order valence-corrected chi connectivity index (χ4v) is 1.63. The summed E-state index contributed by atoms with van der Waals surface area (Å²) >= 11 is 0. The van der Waals surface area contributed by atoms with Crippen molar-refractivity contribution in [2.45, 2.75) is 6.42 Å². The Labute approximate surface area is 92.1 Å². The Morgan fingerprint density at radius 2 is 2.27 bits per heavy atom. The van der Waals surface area contributed by atoms with Crippen LogP contribution >= 0.6 is 12.4 Å². The third-order valence-electron chi connectivity index (χ3n) is 2.30. The molecular weight excluding hydrogens is 214 g/mol. The highest BCUT2D eigenvalue weighted by atomic mass is 35.5. The first-order valence-corrected chi connectivity index (χ1v) is 4.38. The van der Waals surface area contributed by atoms with Gasteiger partial charge in [0.1, 0.15) is 5.69 Å². The van der Waals surface area contributed by atoms with Gasteiger partial charge in [0.25, 0.3) is 0 Å². The number of aromatic nitrogens is 2. The van der Waals surface area contributed by atoms with Gasteiger partial charge >= 0.3 is 0 Å². The number of fused-ring (bicyclic) bond motifs is 3. The normalized spacial score (nSPS) is 13.7. The van der Waals surface area contributed by atoms with E-state index < -0.39 is 0 Å². The van der Waals surface area contributed by atoms with E-state index in [4.69, 9.17) is 0 Å². The molecule has 15 heavy (non-hydrogen) atoms. The number of halogens is 1. The van der Waals surface area contributed by atoms with Crippen LogP contribution in [0.2, 0.25) is 0 Å². The first-order valence-electron chi connectivity index (χ1n) is 4.38. The van der Waals surface area contributed by atoms with Crippen LogP contribution in [0.3, 0.4) is 0 Å². The molecule has 3 rings (SSSR count). The Morgan fingerprint density at radius 1 is 1.40 bits per heavy atom. The molecule has 5 heteroatoms. The van der Waals surface area contributed by atoms with Crippen molar-refractivity contribution < 1.29 is 4.79 Å². The number of ketones is 1. The minimum atomic E-state index is 0. The monoisotopic (exact) mass is 221 g/mol. The topological polar surface area (TPSA) is 46.7 Å². The van der Waals surface area contributed by atoms with Crippen LogP contribution in [-0.2, 0) is 0 Å². The molecule has 0 spiro atoms. The summed E-state index contributed by atoms with van der Waals surface area (Å²) in [6.07, 6.45) is 5.56. The van der Waals surface area contributed by atoms with Crippen molar-refractivity contribution in [3.8, 4) is 0 Å². The molecule has 0 atom stereocenters. The van der Waals surface area contributed by atoms with Crippen LogP contribution in [0.4, 0.5) is 5.82 Å². The Bertz CT molecular complexity index is 559. The van der Waals surface area contributed by atoms with E-state index in [9.17, 15) is 4.79 Å². The number of hydrogen-bond acceptors (Lipinski definition) is 3. The Hall–Kier alpha value is -1.68. The van der Waals surface area contributed by atoms with Crippen LogP contribution < -0.4 is 0 Å². The maximum atomic E-state index is 11.5. The molecule has 1 aliphatic heterocycles. The summed E-state index contributed by atoms with van der Waals surface area (Å²) in [5.74, 6) is 0.675. The SMILES string of the molecule is Cl.O=C1CC=Nc2c1ncc1cccn21. The minimum absolute atomic E-state index is 0. The average Bonchev–Trinajstić information content (AvgIpc) is 2.66. The fourth-order valence-electron chi connectivity index (χ4n) is 1.63. The molecule has 0 unspecified atom stereocenters. The van der Waals surface area contributed by atoms with Crippen LogP contribution in [0.5, 0.6) is 0 Å². The Balaban J connectivity index is 0.000000853. The van der Waals surface area contributed by atoms with Gasteiger partial charge in [0, 0.05) is 18.8 Å². The van der Waals surface area contributed by atoms with Gasteiger partial charge in [-0.3, -0.25) is 9.20 Å². The smallest absolute Gasteiger partial charge is 0.190 e. The lowest BCUT2D eigenvalue weighted by atomic mass is 10.2. The molecular formula is C10H8ClN3O. The third-order valence-corrected chi connectivity index (χ3v) is 2.30. The van der Waals surface area contributed by atoms with Gasteiger partial charge in [-0.2, -0.15) is 0 Å². The van der Waals surface area contributed by atoms with E-state index in [1.54, 1.807) is 12.4 Å². The van der Waals surface area contributed by atoms with Crippen molar-refractivity contribution >= 4 is 35.7 Å². The van der Waals surface area contributed by atoms with E-state index in [0.29, 0.717) is 17.9 Å². The van der Waals surface area contributed by atoms with E-state index in [2.05, 4.69) is 9.98 Å². The van der Waals surface area contributed by atoms with Gasteiger partial charge < -0.3 is 0 Å². The molecule has 2 aromatic heterocycles. The molecule has 0 saturated heterocycles. The van der Waals surface area contributed by atoms with Gasteiger partial charge in [-0.05, 0) is 12.1 Å². The minimum Gasteiger partial charge on any atom is -0.298 e. The van der Waals surface area contributed by atoms with Crippen LogP contribution in [0.15, 0.2) is 29.5 Å². The maximum absolute atomic E-state index is 11.5. The largest absolute Gasteiger partial charge is 0.298 e. The second kappa shape index (κ2) is 3.47. The van der Waals surface area contributed by atoms with Crippen molar-refractivity contribution in [3.63, 3.8) is 0 Å². The van der Waals surface area contributed by atoms with E-state index >= 15 is 0 Å². The van der Waals surface area contributed by atoms with Crippen molar-refractivity contribution in [3.05, 3.63) is 30.2 Å². The van der Waals surface area contributed by atoms with Crippen molar-refractivity contribution in [1.29, 1.82) is 0 Å². The summed E-state index contributed by atoms with van der Waals surface area (Å²) in [4.78, 5) is 19.8. The lowest BCUT2D eigenvalue weighted by Crippen LogP contribution is -2.09. The highest BCUT2D eigenvalue weighted by Crippen LogP contribution is 2.23. The van der Waals surface area contributed by atoms with Crippen LogP contribution in [0, 0.1) is 0 Å². The van der Waals surface area contributed by atoms with Crippen LogP contribution in [-0.4, -0.2) is 21.4 Å². The average molecular weight is 222 g/mol. The lowest BCUT2D eigenvalue weighted by Gasteiger charge is -2.09. The number of hydrogen-bond donors (Lipinski definition) is 0. The van der Waals surface area contributed by atoms with E-state index in [1.165, 1.54) is 0 Å². The first kappa shape index (κ1) is 9.86. The molecule has 4 nitrogen and oxygen atoms in total. The maximum Gasteiger partial charge on any atom is 0.190 e. The number of rotatable bonds is 0. The number of carbonyl (C=O) groups excluding carboxylic acids is 1. The molecule has 76 valence electrons. The van der Waals surface area contributed by atoms with E-state index in [1.807, 2.05) is 22.7 Å². The zero-order valence-corrected chi connectivity index (χ0v) is 8.57. The lowest BCUT2D eigenvalue weighted by molar-refractivity contribution is 0.0996. The third kappa shape index (κ3) is 1.34. The summed E-state index contributed by atoms with van der Waals surface area (Å²) in [7, 11) is 0. The number of carbonyl (C=O) groups is 1. The van der Waals surface area contributed by atoms with Crippen molar-refractivity contribution in [1.82, 2.24) is 9.38 Å².